The summed E-state index contributed by atoms with van der Waals surface area (Å²) in [7, 11) is 0. The maximum absolute atomic E-state index is 8.70. The van der Waals surface area contributed by atoms with Crippen molar-refractivity contribution < 1.29 is 4.74 Å². The maximum Gasteiger partial charge on any atom is 0.323 e. The molecular weight excluding hydrogens is 256 g/mol. The number of nitrogens with zero attached hydrogens (tertiary/aromatic N) is 5. The van der Waals surface area contributed by atoms with E-state index < -0.39 is 0 Å². The highest BCUT2D eigenvalue weighted by atomic mass is 16.5. The van der Waals surface area contributed by atoms with Crippen molar-refractivity contribution in [2.75, 3.05) is 29.9 Å². The molecule has 7 nitrogen and oxygen atoms in total. The van der Waals surface area contributed by atoms with E-state index >= 15 is 0 Å². The fourth-order valence-corrected chi connectivity index (χ4v) is 1.57. The van der Waals surface area contributed by atoms with Crippen molar-refractivity contribution in [2.24, 2.45) is 0 Å². The lowest BCUT2D eigenvalue weighted by Crippen LogP contribution is -2.27. The Kier molecular flexibility index (Phi) is 6.50. The Morgan fingerprint density at radius 2 is 2.05 bits per heavy atom. The molecule has 1 aromatic heterocycles. The van der Waals surface area contributed by atoms with Gasteiger partial charge >= 0.3 is 6.01 Å². The quantitative estimate of drug-likeness (QED) is 0.776. The van der Waals surface area contributed by atoms with Crippen LogP contribution in [0.1, 0.15) is 34.1 Å². The average Bonchev–Trinajstić information content (AvgIpc) is 2.39. The van der Waals surface area contributed by atoms with Crippen molar-refractivity contribution in [3.8, 4) is 12.1 Å². The number of nitriles is 1. The first-order chi connectivity index (χ1) is 9.60. The van der Waals surface area contributed by atoms with Crippen LogP contribution in [0, 0.1) is 11.3 Å². The largest absolute Gasteiger partial charge is 0.461 e. The second-order valence-electron chi connectivity index (χ2n) is 4.43. The van der Waals surface area contributed by atoms with Crippen molar-refractivity contribution in [3.05, 3.63) is 0 Å². The molecule has 1 N–H and O–H groups in total. The third-order valence-electron chi connectivity index (χ3n) is 2.44. The Bertz CT molecular complexity index is 457. The van der Waals surface area contributed by atoms with Gasteiger partial charge < -0.3 is 15.0 Å². The predicted octanol–water partition coefficient (Wildman–Crippen LogP) is 1.83. The van der Waals surface area contributed by atoms with Crippen LogP contribution in [-0.2, 0) is 0 Å². The standard InChI is InChI=1S/C13H22N6O/c1-5-15-11-16-12(19(6-2)9-7-8-14)18-13(17-11)20-10(3)4/h10H,5-7,9H2,1-4H3,(H,15,16,17,18). The molecule has 1 heterocycles. The molecule has 0 saturated heterocycles. The zero-order chi connectivity index (χ0) is 15.0. The minimum atomic E-state index is -0.00564. The first-order valence-corrected chi connectivity index (χ1v) is 6.89. The summed E-state index contributed by atoms with van der Waals surface area (Å²) < 4.78 is 5.55. The number of aromatic nitrogens is 3. The zero-order valence-corrected chi connectivity index (χ0v) is 12.6. The molecule has 110 valence electrons. The second-order valence-corrected chi connectivity index (χ2v) is 4.43. The van der Waals surface area contributed by atoms with Gasteiger partial charge in [-0.05, 0) is 27.7 Å². The van der Waals surface area contributed by atoms with E-state index in [9.17, 15) is 0 Å². The molecule has 0 spiro atoms. The molecule has 0 radical (unpaired) electrons. The van der Waals surface area contributed by atoms with Gasteiger partial charge in [-0.3, -0.25) is 0 Å². The lowest BCUT2D eigenvalue weighted by molar-refractivity contribution is 0.222. The van der Waals surface area contributed by atoms with Crippen LogP contribution >= 0.6 is 0 Å². The molecule has 0 aliphatic heterocycles. The summed E-state index contributed by atoms with van der Waals surface area (Å²) in [5, 5.41) is 11.8. The van der Waals surface area contributed by atoms with Crippen LogP contribution in [0.3, 0.4) is 0 Å². The van der Waals surface area contributed by atoms with E-state index in [4.69, 9.17) is 10.00 Å². The van der Waals surface area contributed by atoms with Gasteiger partial charge in [0.15, 0.2) is 0 Å². The lowest BCUT2D eigenvalue weighted by Gasteiger charge is -2.20. The number of hydrogen-bond donors (Lipinski definition) is 1. The molecule has 0 aliphatic carbocycles. The third-order valence-corrected chi connectivity index (χ3v) is 2.44. The molecule has 1 rings (SSSR count). The molecular formula is C13H22N6O. The number of nitrogens with one attached hydrogen (secondary N) is 1. The Labute approximate surface area is 120 Å². The van der Waals surface area contributed by atoms with Crippen molar-refractivity contribution in [2.45, 2.75) is 40.2 Å². The van der Waals surface area contributed by atoms with Gasteiger partial charge in [0, 0.05) is 19.6 Å². The summed E-state index contributed by atoms with van der Waals surface area (Å²) in [5.41, 5.74) is 0. The first-order valence-electron chi connectivity index (χ1n) is 6.89. The topological polar surface area (TPSA) is 87.0 Å². The monoisotopic (exact) mass is 278 g/mol. The molecule has 0 amide bonds. The van der Waals surface area contributed by atoms with Crippen molar-refractivity contribution in [3.63, 3.8) is 0 Å². The van der Waals surface area contributed by atoms with Gasteiger partial charge in [-0.2, -0.15) is 20.2 Å². The van der Waals surface area contributed by atoms with Gasteiger partial charge in [-0.25, -0.2) is 0 Å². The smallest absolute Gasteiger partial charge is 0.323 e. The molecule has 1 aromatic rings. The van der Waals surface area contributed by atoms with E-state index in [1.807, 2.05) is 32.6 Å². The highest BCUT2D eigenvalue weighted by molar-refractivity contribution is 5.38. The van der Waals surface area contributed by atoms with Crippen LogP contribution in [0.5, 0.6) is 6.01 Å². The summed E-state index contributed by atoms with van der Waals surface area (Å²) >= 11 is 0. The van der Waals surface area contributed by atoms with E-state index in [-0.39, 0.29) is 6.10 Å². The molecule has 0 saturated carbocycles. The summed E-state index contributed by atoms with van der Waals surface area (Å²) in [6, 6.07) is 2.43. The Hall–Kier alpha value is -2.10. The van der Waals surface area contributed by atoms with Crippen LogP contribution < -0.4 is 15.0 Å². The highest BCUT2D eigenvalue weighted by Crippen LogP contribution is 2.16. The number of rotatable bonds is 8. The number of ether oxygens (including phenoxy) is 1. The molecule has 0 bridgehead atoms. The fraction of sp³-hybridized carbons (Fsp3) is 0.692. The van der Waals surface area contributed by atoms with Gasteiger partial charge in [-0.15, -0.1) is 0 Å². The molecule has 7 heteroatoms. The van der Waals surface area contributed by atoms with Gasteiger partial charge in [0.1, 0.15) is 0 Å². The van der Waals surface area contributed by atoms with Crippen LogP contribution in [-0.4, -0.2) is 40.7 Å². The number of hydrogen-bond acceptors (Lipinski definition) is 7. The van der Waals surface area contributed by atoms with Gasteiger partial charge in [0.25, 0.3) is 0 Å². The van der Waals surface area contributed by atoms with E-state index in [1.54, 1.807) is 0 Å². The minimum absolute atomic E-state index is 0.00564. The molecule has 0 unspecified atom stereocenters. The van der Waals surface area contributed by atoms with Crippen LogP contribution in [0.4, 0.5) is 11.9 Å². The van der Waals surface area contributed by atoms with E-state index in [0.29, 0.717) is 30.9 Å². The summed E-state index contributed by atoms with van der Waals surface area (Å²) in [6.07, 6.45) is 0.421. The Morgan fingerprint density at radius 1 is 1.30 bits per heavy atom. The molecule has 0 aliphatic rings. The molecule has 0 atom stereocenters. The van der Waals surface area contributed by atoms with Gasteiger partial charge in [-0.1, -0.05) is 0 Å². The van der Waals surface area contributed by atoms with Gasteiger partial charge in [0.05, 0.1) is 18.6 Å². The fourth-order valence-electron chi connectivity index (χ4n) is 1.57. The van der Waals surface area contributed by atoms with Gasteiger partial charge in [0.2, 0.25) is 11.9 Å². The average molecular weight is 278 g/mol. The SMILES string of the molecule is CCNc1nc(OC(C)C)nc(N(CC)CCC#N)n1. The summed E-state index contributed by atoms with van der Waals surface area (Å²) in [6.45, 7) is 9.83. The van der Waals surface area contributed by atoms with E-state index in [2.05, 4.69) is 26.3 Å². The summed E-state index contributed by atoms with van der Waals surface area (Å²) in [5.74, 6) is 1.02. The van der Waals surface area contributed by atoms with Crippen LogP contribution in [0.2, 0.25) is 0 Å². The molecule has 0 aromatic carbocycles. The second kappa shape index (κ2) is 8.15. The molecule has 0 fully saturated rings. The lowest BCUT2D eigenvalue weighted by atomic mass is 10.4. The zero-order valence-electron chi connectivity index (χ0n) is 12.6. The maximum atomic E-state index is 8.70. The van der Waals surface area contributed by atoms with Crippen molar-refractivity contribution in [1.29, 1.82) is 5.26 Å². The van der Waals surface area contributed by atoms with E-state index in [0.717, 1.165) is 13.1 Å². The van der Waals surface area contributed by atoms with Crippen molar-refractivity contribution >= 4 is 11.9 Å². The Morgan fingerprint density at radius 3 is 2.60 bits per heavy atom. The third kappa shape index (κ3) is 4.88. The predicted molar refractivity (Wildman–Crippen MR) is 77.9 cm³/mol. The molecule has 20 heavy (non-hydrogen) atoms. The number of anilines is 2. The first kappa shape index (κ1) is 16.0. The van der Waals surface area contributed by atoms with Crippen LogP contribution in [0.25, 0.3) is 0 Å². The highest BCUT2D eigenvalue weighted by Gasteiger charge is 2.13. The normalized spacial score (nSPS) is 10.2. The summed E-state index contributed by atoms with van der Waals surface area (Å²) in [4.78, 5) is 14.8. The van der Waals surface area contributed by atoms with Crippen LogP contribution in [0.15, 0.2) is 0 Å². The Balaban J connectivity index is 3.02. The van der Waals surface area contributed by atoms with Crippen molar-refractivity contribution in [1.82, 2.24) is 15.0 Å². The van der Waals surface area contributed by atoms with E-state index in [1.165, 1.54) is 0 Å². The minimum Gasteiger partial charge on any atom is -0.461 e.